The van der Waals surface area contributed by atoms with E-state index in [-0.39, 0.29) is 0 Å². The fourth-order valence-electron chi connectivity index (χ4n) is 2.60. The molecule has 0 heterocycles. The number of hydrogen-bond acceptors (Lipinski definition) is 2. The lowest BCUT2D eigenvalue weighted by Crippen LogP contribution is -2.32. The van der Waals surface area contributed by atoms with Gasteiger partial charge in [-0.1, -0.05) is 53.2 Å². The summed E-state index contributed by atoms with van der Waals surface area (Å²) in [5.41, 5.74) is 9.45. The first-order valence-electron chi connectivity index (χ1n) is 7.83. The summed E-state index contributed by atoms with van der Waals surface area (Å²) in [6, 6.07) is 0.339. The third kappa shape index (κ3) is 6.66. The van der Waals surface area contributed by atoms with Crippen molar-refractivity contribution in [2.75, 3.05) is 11.9 Å². The topological polar surface area (TPSA) is 38.0 Å². The number of alkyl halides is 1. The van der Waals surface area contributed by atoms with Crippen LogP contribution >= 0.6 is 15.9 Å². The number of hydrogen-bond donors (Lipinski definition) is 2. The Bertz CT molecular complexity index is 421. The number of nitrogens with two attached hydrogens (primary N) is 1. The molecule has 0 radical (unpaired) electrons. The van der Waals surface area contributed by atoms with Crippen molar-refractivity contribution in [3.05, 3.63) is 47.7 Å². The van der Waals surface area contributed by atoms with Gasteiger partial charge < -0.3 is 11.1 Å². The van der Waals surface area contributed by atoms with Gasteiger partial charge in [0, 0.05) is 17.1 Å². The zero-order chi connectivity index (χ0) is 15.7. The maximum atomic E-state index is 6.01. The third-order valence-corrected chi connectivity index (χ3v) is 4.53. The van der Waals surface area contributed by atoms with Crippen LogP contribution in [0.15, 0.2) is 47.7 Å². The molecule has 0 bridgehead atoms. The summed E-state index contributed by atoms with van der Waals surface area (Å²) in [7, 11) is 0. The Balaban J connectivity index is 2.53. The van der Waals surface area contributed by atoms with Crippen molar-refractivity contribution < 1.29 is 0 Å². The van der Waals surface area contributed by atoms with Gasteiger partial charge in [-0.25, -0.2) is 0 Å². The minimum atomic E-state index is 0.339. The molecule has 0 saturated heterocycles. The van der Waals surface area contributed by atoms with Gasteiger partial charge in [-0.05, 0) is 56.7 Å². The molecule has 0 aromatic heterocycles. The van der Waals surface area contributed by atoms with Gasteiger partial charge in [0.15, 0.2) is 0 Å². The van der Waals surface area contributed by atoms with Crippen molar-refractivity contribution in [3.63, 3.8) is 0 Å². The van der Waals surface area contributed by atoms with Gasteiger partial charge in [-0.15, -0.1) is 0 Å². The molecule has 0 fully saturated rings. The Labute approximate surface area is 138 Å². The van der Waals surface area contributed by atoms with Gasteiger partial charge in [0.25, 0.3) is 0 Å². The second-order valence-electron chi connectivity index (χ2n) is 5.79. The van der Waals surface area contributed by atoms with Crippen molar-refractivity contribution >= 4 is 15.9 Å². The molecular formula is C18H29BrN2. The molecule has 0 spiro atoms. The lowest BCUT2D eigenvalue weighted by molar-refractivity contribution is 0.529. The molecule has 0 amide bonds. The monoisotopic (exact) mass is 352 g/mol. The summed E-state index contributed by atoms with van der Waals surface area (Å²) in [6.45, 7) is 9.13. The maximum absolute atomic E-state index is 6.01. The molecule has 3 N–H and O–H groups in total. The first kappa shape index (κ1) is 18.2. The van der Waals surface area contributed by atoms with Crippen LogP contribution in [0.4, 0.5) is 0 Å². The molecule has 1 aliphatic rings. The first-order valence-corrected chi connectivity index (χ1v) is 8.95. The van der Waals surface area contributed by atoms with Crippen LogP contribution in [0.2, 0.25) is 0 Å². The highest BCUT2D eigenvalue weighted by atomic mass is 79.9. The van der Waals surface area contributed by atoms with Crippen molar-refractivity contribution in [2.24, 2.45) is 11.7 Å². The molecule has 1 unspecified atom stereocenters. The van der Waals surface area contributed by atoms with E-state index in [9.17, 15) is 0 Å². The Kier molecular flexibility index (Phi) is 8.70. The van der Waals surface area contributed by atoms with Gasteiger partial charge in [-0.2, -0.15) is 0 Å². The van der Waals surface area contributed by atoms with Crippen LogP contribution in [-0.4, -0.2) is 17.9 Å². The SMILES string of the molecule is C=C/C(N)=C(/C)C(CCCBr)NCCC1=C[C@@H](C)CC=C1. The second kappa shape index (κ2) is 10.0. The van der Waals surface area contributed by atoms with E-state index in [4.69, 9.17) is 5.73 Å². The van der Waals surface area contributed by atoms with Crippen molar-refractivity contribution in [3.8, 4) is 0 Å². The zero-order valence-electron chi connectivity index (χ0n) is 13.4. The molecule has 3 heteroatoms. The molecule has 21 heavy (non-hydrogen) atoms. The largest absolute Gasteiger partial charge is 0.399 e. The van der Waals surface area contributed by atoms with E-state index in [2.05, 4.69) is 59.9 Å². The molecular weight excluding hydrogens is 324 g/mol. The second-order valence-corrected chi connectivity index (χ2v) is 6.58. The minimum absolute atomic E-state index is 0.339. The van der Waals surface area contributed by atoms with Crippen LogP contribution in [0, 0.1) is 5.92 Å². The number of nitrogens with one attached hydrogen (secondary N) is 1. The molecule has 0 saturated carbocycles. The van der Waals surface area contributed by atoms with Crippen LogP contribution < -0.4 is 11.1 Å². The number of allylic oxidation sites excluding steroid dienone is 4. The predicted octanol–water partition coefficient (Wildman–Crippen LogP) is 4.45. The van der Waals surface area contributed by atoms with Gasteiger partial charge in [-0.3, -0.25) is 0 Å². The van der Waals surface area contributed by atoms with E-state index in [1.807, 2.05) is 0 Å². The summed E-state index contributed by atoms with van der Waals surface area (Å²) in [5.74, 6) is 0.673. The molecule has 2 atom stereocenters. The van der Waals surface area contributed by atoms with Gasteiger partial charge >= 0.3 is 0 Å². The standard InChI is InChI=1S/C18H29BrN2/c1-4-17(20)15(3)18(9-6-11-19)21-12-10-16-8-5-7-14(2)13-16/h4-5,8,13-14,18,21H,1,6-7,9-12,20H2,2-3H3/b17-15+/t14-,18?/m0/s1. The predicted molar refractivity (Wildman–Crippen MR) is 97.5 cm³/mol. The van der Waals surface area contributed by atoms with Crippen LogP contribution in [0.3, 0.4) is 0 Å². The quantitative estimate of drug-likeness (QED) is 0.475. The minimum Gasteiger partial charge on any atom is -0.399 e. The summed E-state index contributed by atoms with van der Waals surface area (Å²) in [5, 5.41) is 4.68. The van der Waals surface area contributed by atoms with E-state index < -0.39 is 0 Å². The average Bonchev–Trinajstić information content (AvgIpc) is 2.49. The zero-order valence-corrected chi connectivity index (χ0v) is 15.0. The summed E-state index contributed by atoms with van der Waals surface area (Å²) in [4.78, 5) is 0. The van der Waals surface area contributed by atoms with E-state index >= 15 is 0 Å². The van der Waals surface area contributed by atoms with Crippen molar-refractivity contribution in [1.29, 1.82) is 0 Å². The fraction of sp³-hybridized carbons (Fsp3) is 0.556. The Morgan fingerprint density at radius 3 is 3.00 bits per heavy atom. The highest BCUT2D eigenvalue weighted by molar-refractivity contribution is 9.09. The first-order chi connectivity index (χ1) is 10.1. The Morgan fingerprint density at radius 1 is 1.62 bits per heavy atom. The van der Waals surface area contributed by atoms with E-state index in [1.54, 1.807) is 6.08 Å². The lowest BCUT2D eigenvalue weighted by Gasteiger charge is -2.21. The highest BCUT2D eigenvalue weighted by Crippen LogP contribution is 2.18. The van der Waals surface area contributed by atoms with E-state index in [0.717, 1.165) is 36.8 Å². The molecule has 2 nitrogen and oxygen atoms in total. The summed E-state index contributed by atoms with van der Waals surface area (Å²) in [6.07, 6.45) is 13.1. The normalized spacial score (nSPS) is 20.7. The summed E-state index contributed by atoms with van der Waals surface area (Å²) < 4.78 is 0. The van der Waals surface area contributed by atoms with Crippen LogP contribution in [0.5, 0.6) is 0 Å². The molecule has 1 rings (SSSR count). The van der Waals surface area contributed by atoms with Gasteiger partial charge in [0.05, 0.1) is 0 Å². The molecule has 0 aliphatic heterocycles. The van der Waals surface area contributed by atoms with Crippen LogP contribution in [-0.2, 0) is 0 Å². The molecule has 0 aromatic carbocycles. The molecule has 118 valence electrons. The van der Waals surface area contributed by atoms with E-state index in [0.29, 0.717) is 12.0 Å². The van der Waals surface area contributed by atoms with Crippen molar-refractivity contribution in [2.45, 2.75) is 45.6 Å². The average molecular weight is 353 g/mol. The van der Waals surface area contributed by atoms with Crippen molar-refractivity contribution in [1.82, 2.24) is 5.32 Å². The highest BCUT2D eigenvalue weighted by Gasteiger charge is 2.12. The lowest BCUT2D eigenvalue weighted by atomic mass is 9.96. The molecule has 1 aliphatic carbocycles. The van der Waals surface area contributed by atoms with Crippen LogP contribution in [0.25, 0.3) is 0 Å². The number of halogens is 1. The van der Waals surface area contributed by atoms with Crippen LogP contribution in [0.1, 0.15) is 39.5 Å². The Hall–Kier alpha value is -0.800. The Morgan fingerprint density at radius 2 is 2.38 bits per heavy atom. The molecule has 0 aromatic rings. The summed E-state index contributed by atoms with van der Waals surface area (Å²) >= 11 is 3.50. The fourth-order valence-corrected chi connectivity index (χ4v) is 2.92. The third-order valence-electron chi connectivity index (χ3n) is 3.97. The van der Waals surface area contributed by atoms with Gasteiger partial charge in [0.2, 0.25) is 0 Å². The number of rotatable bonds is 9. The maximum Gasteiger partial charge on any atom is 0.0312 e. The van der Waals surface area contributed by atoms with Gasteiger partial charge in [0.1, 0.15) is 0 Å². The van der Waals surface area contributed by atoms with E-state index in [1.165, 1.54) is 17.6 Å². The smallest absolute Gasteiger partial charge is 0.0312 e.